The first-order chi connectivity index (χ1) is 27.9. The van der Waals surface area contributed by atoms with Crippen LogP contribution in [0.15, 0.2) is 65.6 Å². The number of pyridine rings is 1. The van der Waals surface area contributed by atoms with Crippen LogP contribution in [0.1, 0.15) is 61.1 Å². The predicted molar refractivity (Wildman–Crippen MR) is 204 cm³/mol. The van der Waals surface area contributed by atoms with Crippen molar-refractivity contribution < 1.29 is 49.9 Å². The van der Waals surface area contributed by atoms with Gasteiger partial charge in [-0.25, -0.2) is 4.39 Å². The molecule has 3 aliphatic rings. The minimum Gasteiger partial charge on any atom is -0.405 e. The molecule has 0 aliphatic carbocycles. The minimum absolute atomic E-state index is 0.0144. The second-order valence-electron chi connectivity index (χ2n) is 15.5. The highest BCUT2D eigenvalue weighted by molar-refractivity contribution is 6.01. The Kier molecular flexibility index (Phi) is 11.8. The average Bonchev–Trinajstić information content (AvgIpc) is 3.18. The largest absolute Gasteiger partial charge is 0.573 e. The van der Waals surface area contributed by atoms with Crippen molar-refractivity contribution in [2.24, 2.45) is 13.0 Å². The molecule has 59 heavy (non-hydrogen) atoms. The third kappa shape index (κ3) is 9.72. The number of carbonyl (C=O) groups excluding carboxylic acids is 3. The molecule has 4 aromatic rings. The molecule has 2 N–H and O–H groups in total. The molecule has 3 fully saturated rings. The second kappa shape index (κ2) is 16.7. The molecule has 7 rings (SSSR count). The zero-order chi connectivity index (χ0) is 42.2. The third-order valence-electron chi connectivity index (χ3n) is 11.6. The van der Waals surface area contributed by atoms with Crippen molar-refractivity contribution in [2.75, 3.05) is 38.0 Å². The van der Waals surface area contributed by atoms with Crippen LogP contribution in [0.2, 0.25) is 0 Å². The Labute approximate surface area is 334 Å². The van der Waals surface area contributed by atoms with E-state index in [0.717, 1.165) is 12.1 Å². The number of anilines is 1. The van der Waals surface area contributed by atoms with E-state index in [1.165, 1.54) is 48.1 Å². The fourth-order valence-electron chi connectivity index (χ4n) is 8.45. The molecule has 0 spiro atoms. The van der Waals surface area contributed by atoms with Crippen LogP contribution in [0.4, 0.5) is 36.4 Å². The SMILES string of the molecule is Cn1cc(-c2ccc(CC3CCN(CC(=O)N4CCC(c5ccc(NC6CCC(=O)NC6=O)cc5C(F)(F)F)CC4)CC3)c(OC(F)(F)F)c2)c2cc(F)ccc2c1=O. The van der Waals surface area contributed by atoms with Crippen LogP contribution in [-0.4, -0.2) is 77.2 Å². The summed E-state index contributed by atoms with van der Waals surface area (Å²) in [5.74, 6) is -2.62. The van der Waals surface area contributed by atoms with Gasteiger partial charge in [-0.1, -0.05) is 18.2 Å². The number of hydrogen-bond donors (Lipinski definition) is 2. The molecule has 3 amide bonds. The lowest BCUT2D eigenvalue weighted by atomic mass is 9.86. The van der Waals surface area contributed by atoms with E-state index < -0.39 is 53.4 Å². The summed E-state index contributed by atoms with van der Waals surface area (Å²) in [5, 5.41) is 5.46. The molecule has 17 heteroatoms. The molecular formula is C42H42F7N5O5. The highest BCUT2D eigenvalue weighted by Crippen LogP contribution is 2.41. The van der Waals surface area contributed by atoms with Gasteiger partial charge in [0.05, 0.1) is 12.1 Å². The number of carbonyl (C=O) groups is 3. The number of amides is 3. The zero-order valence-electron chi connectivity index (χ0n) is 32.0. The molecule has 0 radical (unpaired) electrons. The standard InChI is InChI=1S/C42H42F7N5O5/c1-52-22-33(32-20-28(43)4-6-31(32)40(52)58)26-2-3-27(36(19-26)59-42(47,48)49)18-24-10-14-53(15-11-24)23-38(56)54-16-12-25(13-17-54)30-7-5-29(21-34(30)41(44,45)46)50-35-8-9-37(55)51-39(35)57/h2-7,19-22,24-25,35,50H,8-18,23H2,1H3,(H,51,55,57). The van der Waals surface area contributed by atoms with E-state index >= 15 is 0 Å². The van der Waals surface area contributed by atoms with Crippen molar-refractivity contribution in [1.82, 2.24) is 19.7 Å². The number of fused-ring (bicyclic) bond motifs is 1. The Bertz CT molecular complexity index is 2310. The van der Waals surface area contributed by atoms with E-state index in [2.05, 4.69) is 15.4 Å². The van der Waals surface area contributed by atoms with E-state index in [-0.39, 0.29) is 78.3 Å². The number of alkyl halides is 6. The molecule has 1 aromatic heterocycles. The number of nitrogens with one attached hydrogen (secondary N) is 2. The summed E-state index contributed by atoms with van der Waals surface area (Å²) in [6.07, 6.45) is -5.82. The first-order valence-electron chi connectivity index (χ1n) is 19.4. The van der Waals surface area contributed by atoms with Crippen LogP contribution < -0.4 is 20.9 Å². The summed E-state index contributed by atoms with van der Waals surface area (Å²) in [7, 11) is 1.50. The molecule has 4 heterocycles. The summed E-state index contributed by atoms with van der Waals surface area (Å²) in [6.45, 7) is 1.69. The van der Waals surface area contributed by atoms with E-state index in [4.69, 9.17) is 0 Å². The maximum absolute atomic E-state index is 14.3. The summed E-state index contributed by atoms with van der Waals surface area (Å²) in [6, 6.07) is 11.1. The molecule has 1 atom stereocenters. The van der Waals surface area contributed by atoms with Gasteiger partial charge >= 0.3 is 12.5 Å². The number of piperidine rings is 3. The molecule has 314 valence electrons. The molecule has 10 nitrogen and oxygen atoms in total. The molecule has 3 saturated heterocycles. The van der Waals surface area contributed by atoms with Crippen molar-refractivity contribution in [3.05, 3.63) is 93.7 Å². The number of aryl methyl sites for hydroxylation is 1. The molecule has 0 bridgehead atoms. The van der Waals surface area contributed by atoms with Gasteiger partial charge in [-0.3, -0.25) is 29.4 Å². The predicted octanol–water partition coefficient (Wildman–Crippen LogP) is 7.14. The molecule has 0 saturated carbocycles. The van der Waals surface area contributed by atoms with Gasteiger partial charge < -0.3 is 19.5 Å². The van der Waals surface area contributed by atoms with Crippen LogP contribution in [0, 0.1) is 11.7 Å². The van der Waals surface area contributed by atoms with Crippen LogP contribution in [0.25, 0.3) is 21.9 Å². The monoisotopic (exact) mass is 829 g/mol. The van der Waals surface area contributed by atoms with Gasteiger partial charge in [0.1, 0.15) is 17.6 Å². The summed E-state index contributed by atoms with van der Waals surface area (Å²) < 4.78 is 104. The van der Waals surface area contributed by atoms with Crippen LogP contribution in [0.3, 0.4) is 0 Å². The first kappa shape index (κ1) is 41.7. The van der Waals surface area contributed by atoms with Gasteiger partial charge in [0.25, 0.3) is 5.56 Å². The Morgan fingerprint density at radius 3 is 2.27 bits per heavy atom. The summed E-state index contributed by atoms with van der Waals surface area (Å²) in [4.78, 5) is 53.2. The van der Waals surface area contributed by atoms with E-state index in [0.29, 0.717) is 55.5 Å². The van der Waals surface area contributed by atoms with Crippen LogP contribution in [0.5, 0.6) is 5.75 Å². The number of rotatable bonds is 9. The Hall–Kier alpha value is -5.45. The van der Waals surface area contributed by atoms with Gasteiger partial charge in [-0.15, -0.1) is 13.2 Å². The summed E-state index contributed by atoms with van der Waals surface area (Å²) in [5.41, 5.74) is 0.0523. The van der Waals surface area contributed by atoms with Gasteiger partial charge in [0.15, 0.2) is 0 Å². The van der Waals surface area contributed by atoms with E-state index in [1.54, 1.807) is 17.0 Å². The third-order valence-corrected chi connectivity index (χ3v) is 11.6. The lowest BCUT2D eigenvalue weighted by molar-refractivity contribution is -0.274. The number of ether oxygens (including phenoxy) is 1. The van der Waals surface area contributed by atoms with Gasteiger partial charge in [0.2, 0.25) is 17.7 Å². The number of imide groups is 1. The van der Waals surface area contributed by atoms with Crippen molar-refractivity contribution >= 4 is 34.2 Å². The highest BCUT2D eigenvalue weighted by atomic mass is 19.4. The smallest absolute Gasteiger partial charge is 0.405 e. The van der Waals surface area contributed by atoms with Gasteiger partial charge in [-0.2, -0.15) is 13.2 Å². The second-order valence-corrected chi connectivity index (χ2v) is 15.5. The van der Waals surface area contributed by atoms with Crippen LogP contribution in [-0.2, 0) is 34.0 Å². The quantitative estimate of drug-likeness (QED) is 0.136. The number of likely N-dealkylation sites (tertiary alicyclic amines) is 2. The Morgan fingerprint density at radius 1 is 0.864 bits per heavy atom. The zero-order valence-corrected chi connectivity index (χ0v) is 32.0. The topological polar surface area (TPSA) is 113 Å². The molecular weight excluding hydrogens is 787 g/mol. The maximum atomic E-state index is 14.3. The number of benzene rings is 3. The van der Waals surface area contributed by atoms with E-state index in [1.807, 2.05) is 4.90 Å². The number of halogens is 7. The first-order valence-corrected chi connectivity index (χ1v) is 19.4. The highest BCUT2D eigenvalue weighted by Gasteiger charge is 2.38. The number of nitrogens with zero attached hydrogens (tertiary/aromatic N) is 3. The summed E-state index contributed by atoms with van der Waals surface area (Å²) >= 11 is 0. The van der Waals surface area contributed by atoms with Crippen molar-refractivity contribution in [3.63, 3.8) is 0 Å². The normalized spacial score (nSPS) is 18.9. The van der Waals surface area contributed by atoms with Crippen molar-refractivity contribution in [2.45, 2.75) is 69.4 Å². The molecule has 3 aromatic carbocycles. The fourth-order valence-corrected chi connectivity index (χ4v) is 8.45. The van der Waals surface area contributed by atoms with E-state index in [9.17, 15) is 49.9 Å². The Balaban J connectivity index is 0.948. The average molecular weight is 830 g/mol. The fraction of sp³-hybridized carbons (Fsp3) is 0.429. The number of hydrogen-bond acceptors (Lipinski definition) is 7. The minimum atomic E-state index is -4.98. The maximum Gasteiger partial charge on any atom is 0.573 e. The molecule has 1 unspecified atom stereocenters. The van der Waals surface area contributed by atoms with Crippen molar-refractivity contribution in [3.8, 4) is 16.9 Å². The number of aromatic nitrogens is 1. The van der Waals surface area contributed by atoms with Gasteiger partial charge in [0, 0.05) is 49.4 Å². The lowest BCUT2D eigenvalue weighted by Crippen LogP contribution is -2.47. The lowest BCUT2D eigenvalue weighted by Gasteiger charge is -2.36. The van der Waals surface area contributed by atoms with Crippen LogP contribution >= 0.6 is 0 Å². The Morgan fingerprint density at radius 2 is 1.59 bits per heavy atom. The molecule has 3 aliphatic heterocycles. The van der Waals surface area contributed by atoms with Gasteiger partial charge in [-0.05, 0) is 122 Å². The van der Waals surface area contributed by atoms with Crippen molar-refractivity contribution in [1.29, 1.82) is 0 Å².